The maximum Gasteiger partial charge on any atom is 0.260 e. The number of halogens is 1. The first-order valence-corrected chi connectivity index (χ1v) is 5.45. The maximum atomic E-state index is 13.1. The maximum absolute atomic E-state index is 13.1. The molecule has 7 heteroatoms. The molecule has 0 fully saturated rings. The third-order valence-electron chi connectivity index (χ3n) is 1.49. The second kappa shape index (κ2) is 4.37. The predicted molar refractivity (Wildman–Crippen MR) is 50.5 cm³/mol. The van der Waals surface area contributed by atoms with Crippen molar-refractivity contribution >= 4 is 15.9 Å². The van der Waals surface area contributed by atoms with Crippen LogP contribution in [-0.2, 0) is 14.8 Å². The lowest BCUT2D eigenvalue weighted by molar-refractivity contribution is -0.119. The van der Waals surface area contributed by atoms with Crippen LogP contribution < -0.4 is 10.3 Å². The lowest BCUT2D eigenvalue weighted by Crippen LogP contribution is -2.40. The third kappa shape index (κ3) is 3.00. The molecule has 0 heterocycles. The summed E-state index contributed by atoms with van der Waals surface area (Å²) in [5.41, 5.74) is 1.87. The molecule has 1 rings (SSSR count). The van der Waals surface area contributed by atoms with Gasteiger partial charge in [-0.3, -0.25) is 10.2 Å². The van der Waals surface area contributed by atoms with E-state index in [9.17, 15) is 17.6 Å². The Morgan fingerprint density at radius 2 is 1.93 bits per heavy atom. The standard InChI is InChI=1S/C8H9FN2O3S/c1-6(12)10-11-15(13,14)8-5-3-2-4-7(8)9/h2-5,11H,1H3,(H,10,12). The lowest BCUT2D eigenvalue weighted by Gasteiger charge is -2.06. The van der Waals surface area contributed by atoms with Crippen LogP contribution in [0.3, 0.4) is 0 Å². The molecule has 5 nitrogen and oxygen atoms in total. The van der Waals surface area contributed by atoms with Gasteiger partial charge in [0.1, 0.15) is 10.7 Å². The van der Waals surface area contributed by atoms with Gasteiger partial charge >= 0.3 is 0 Å². The molecule has 1 aromatic carbocycles. The highest BCUT2D eigenvalue weighted by Crippen LogP contribution is 2.12. The zero-order chi connectivity index (χ0) is 11.5. The van der Waals surface area contributed by atoms with Crippen molar-refractivity contribution in [1.82, 2.24) is 10.3 Å². The van der Waals surface area contributed by atoms with Crippen LogP contribution in [0.2, 0.25) is 0 Å². The van der Waals surface area contributed by atoms with Gasteiger partial charge in [0.05, 0.1) is 0 Å². The van der Waals surface area contributed by atoms with E-state index in [1.807, 2.05) is 5.43 Å². The van der Waals surface area contributed by atoms with E-state index in [1.54, 1.807) is 4.83 Å². The lowest BCUT2D eigenvalue weighted by atomic mass is 10.4. The number of rotatable bonds is 3. The second-order valence-electron chi connectivity index (χ2n) is 2.72. The van der Waals surface area contributed by atoms with Gasteiger partial charge in [-0.05, 0) is 12.1 Å². The summed E-state index contributed by atoms with van der Waals surface area (Å²) in [6.07, 6.45) is 0. The first-order valence-electron chi connectivity index (χ1n) is 3.96. The largest absolute Gasteiger partial charge is 0.278 e. The quantitative estimate of drug-likeness (QED) is 0.729. The summed E-state index contributed by atoms with van der Waals surface area (Å²) in [6, 6.07) is 4.86. The van der Waals surface area contributed by atoms with Crippen molar-refractivity contribution < 1.29 is 17.6 Å². The van der Waals surface area contributed by atoms with Gasteiger partial charge in [0.25, 0.3) is 10.0 Å². The number of carbonyl (C=O) groups excluding carboxylic acids is 1. The fraction of sp³-hybridized carbons (Fsp3) is 0.125. The molecule has 15 heavy (non-hydrogen) atoms. The SMILES string of the molecule is CC(=O)NNS(=O)(=O)c1ccccc1F. The molecular weight excluding hydrogens is 223 g/mol. The van der Waals surface area contributed by atoms with Crippen LogP contribution in [0.5, 0.6) is 0 Å². The molecular formula is C8H9FN2O3S. The van der Waals surface area contributed by atoms with Crippen LogP contribution in [0, 0.1) is 5.82 Å². The Balaban J connectivity index is 2.97. The minimum Gasteiger partial charge on any atom is -0.278 e. The van der Waals surface area contributed by atoms with Crippen molar-refractivity contribution in [1.29, 1.82) is 0 Å². The molecule has 82 valence electrons. The van der Waals surface area contributed by atoms with E-state index in [2.05, 4.69) is 0 Å². The number of sulfonamides is 1. The van der Waals surface area contributed by atoms with Crippen molar-refractivity contribution in [3.8, 4) is 0 Å². The van der Waals surface area contributed by atoms with E-state index in [-0.39, 0.29) is 0 Å². The van der Waals surface area contributed by atoms with Crippen LogP contribution in [-0.4, -0.2) is 14.3 Å². The van der Waals surface area contributed by atoms with E-state index in [1.165, 1.54) is 12.1 Å². The Bertz CT molecular complexity index is 473. The summed E-state index contributed by atoms with van der Waals surface area (Å²) >= 11 is 0. The molecule has 0 atom stereocenters. The summed E-state index contributed by atoms with van der Waals surface area (Å²) in [5.74, 6) is -1.47. The Morgan fingerprint density at radius 1 is 1.33 bits per heavy atom. The van der Waals surface area contributed by atoms with Gasteiger partial charge in [0, 0.05) is 6.92 Å². The van der Waals surface area contributed by atoms with Gasteiger partial charge in [-0.25, -0.2) is 12.8 Å². The summed E-state index contributed by atoms with van der Waals surface area (Å²) in [5, 5.41) is 0. The average molecular weight is 232 g/mol. The molecule has 0 aromatic heterocycles. The summed E-state index contributed by atoms with van der Waals surface area (Å²) in [6.45, 7) is 1.13. The van der Waals surface area contributed by atoms with E-state index in [0.717, 1.165) is 19.1 Å². The average Bonchev–Trinajstić information content (AvgIpc) is 2.15. The van der Waals surface area contributed by atoms with Crippen molar-refractivity contribution in [2.45, 2.75) is 11.8 Å². The molecule has 0 radical (unpaired) electrons. The van der Waals surface area contributed by atoms with Crippen molar-refractivity contribution in [2.75, 3.05) is 0 Å². The van der Waals surface area contributed by atoms with E-state index in [4.69, 9.17) is 0 Å². The minimum atomic E-state index is -4.04. The summed E-state index contributed by atoms with van der Waals surface area (Å²) < 4.78 is 35.9. The van der Waals surface area contributed by atoms with E-state index >= 15 is 0 Å². The molecule has 0 spiro atoms. The molecule has 1 aromatic rings. The summed E-state index contributed by atoms with van der Waals surface area (Å²) in [7, 11) is -4.04. The van der Waals surface area contributed by atoms with Gasteiger partial charge < -0.3 is 0 Å². The molecule has 1 amide bonds. The van der Waals surface area contributed by atoms with E-state index < -0.39 is 26.6 Å². The third-order valence-corrected chi connectivity index (χ3v) is 2.77. The normalized spacial score (nSPS) is 11.1. The number of hydrogen-bond acceptors (Lipinski definition) is 3. The number of benzene rings is 1. The van der Waals surface area contributed by atoms with Gasteiger partial charge in [-0.2, -0.15) is 0 Å². The molecule has 0 aliphatic rings. The number of hydrazine groups is 1. The van der Waals surface area contributed by atoms with Gasteiger partial charge in [-0.15, -0.1) is 4.83 Å². The van der Waals surface area contributed by atoms with Crippen molar-refractivity contribution in [3.05, 3.63) is 30.1 Å². The first-order chi connectivity index (χ1) is 6.93. The number of nitrogens with one attached hydrogen (secondary N) is 2. The molecule has 0 aliphatic heterocycles. The first kappa shape index (κ1) is 11.6. The molecule has 0 saturated carbocycles. The highest BCUT2D eigenvalue weighted by molar-refractivity contribution is 7.89. The number of hydrogen-bond donors (Lipinski definition) is 2. The molecule has 0 unspecified atom stereocenters. The Morgan fingerprint density at radius 3 is 2.47 bits per heavy atom. The Labute approximate surface area is 86.3 Å². The fourth-order valence-electron chi connectivity index (χ4n) is 0.857. The monoisotopic (exact) mass is 232 g/mol. The fourth-order valence-corrected chi connectivity index (χ4v) is 1.83. The highest BCUT2D eigenvalue weighted by atomic mass is 32.2. The highest BCUT2D eigenvalue weighted by Gasteiger charge is 2.18. The molecule has 2 N–H and O–H groups in total. The smallest absolute Gasteiger partial charge is 0.260 e. The van der Waals surface area contributed by atoms with Crippen molar-refractivity contribution in [2.24, 2.45) is 0 Å². The number of amides is 1. The molecule has 0 bridgehead atoms. The van der Waals surface area contributed by atoms with Crippen LogP contribution in [0.15, 0.2) is 29.2 Å². The molecule has 0 saturated heterocycles. The second-order valence-corrected chi connectivity index (χ2v) is 4.37. The van der Waals surface area contributed by atoms with Crippen LogP contribution in [0.1, 0.15) is 6.92 Å². The topological polar surface area (TPSA) is 75.3 Å². The predicted octanol–water partition coefficient (Wildman–Crippen LogP) is 0.155. The Hall–Kier alpha value is -1.47. The summed E-state index contributed by atoms with van der Waals surface area (Å²) in [4.78, 5) is 11.7. The van der Waals surface area contributed by atoms with Crippen LogP contribution >= 0.6 is 0 Å². The zero-order valence-corrected chi connectivity index (χ0v) is 8.64. The van der Waals surface area contributed by atoms with E-state index in [0.29, 0.717) is 0 Å². The number of carbonyl (C=O) groups is 1. The van der Waals surface area contributed by atoms with Gasteiger partial charge in [0.15, 0.2) is 0 Å². The van der Waals surface area contributed by atoms with Crippen molar-refractivity contribution in [3.63, 3.8) is 0 Å². The van der Waals surface area contributed by atoms with Gasteiger partial charge in [-0.1, -0.05) is 12.1 Å². The minimum absolute atomic E-state index is 0.515. The Kier molecular flexibility index (Phi) is 3.38. The van der Waals surface area contributed by atoms with Crippen LogP contribution in [0.4, 0.5) is 4.39 Å². The zero-order valence-electron chi connectivity index (χ0n) is 7.82. The molecule has 0 aliphatic carbocycles. The van der Waals surface area contributed by atoms with Gasteiger partial charge in [0.2, 0.25) is 5.91 Å². The van der Waals surface area contributed by atoms with Crippen LogP contribution in [0.25, 0.3) is 0 Å².